The summed E-state index contributed by atoms with van der Waals surface area (Å²) in [6.45, 7) is 10.4. The molecule has 1 N–H and O–H groups in total. The molecule has 2 rings (SSSR count). The predicted octanol–water partition coefficient (Wildman–Crippen LogP) is 3.11. The van der Waals surface area contributed by atoms with Crippen molar-refractivity contribution in [3.8, 4) is 0 Å². The van der Waals surface area contributed by atoms with Crippen molar-refractivity contribution in [3.63, 3.8) is 0 Å². The third-order valence-electron chi connectivity index (χ3n) is 4.02. The van der Waals surface area contributed by atoms with Crippen LogP contribution < -0.4 is 5.32 Å². The Hall–Kier alpha value is -0.830. The van der Waals surface area contributed by atoms with E-state index in [1.165, 1.54) is 19.3 Å². The van der Waals surface area contributed by atoms with Crippen LogP contribution in [0.25, 0.3) is 0 Å². The molecule has 1 saturated carbocycles. The predicted molar refractivity (Wildman–Crippen MR) is 75.2 cm³/mol. The van der Waals surface area contributed by atoms with Crippen molar-refractivity contribution in [1.29, 1.82) is 0 Å². The van der Waals surface area contributed by atoms with Gasteiger partial charge in [-0.2, -0.15) is 0 Å². The van der Waals surface area contributed by atoms with E-state index in [9.17, 15) is 0 Å². The molecule has 18 heavy (non-hydrogen) atoms. The van der Waals surface area contributed by atoms with E-state index >= 15 is 0 Å². The lowest BCUT2D eigenvalue weighted by Crippen LogP contribution is -2.43. The lowest BCUT2D eigenvalue weighted by molar-refractivity contribution is 0.0841. The van der Waals surface area contributed by atoms with Crippen molar-refractivity contribution in [3.05, 3.63) is 18.2 Å². The van der Waals surface area contributed by atoms with Crippen molar-refractivity contribution in [2.75, 3.05) is 0 Å². The summed E-state index contributed by atoms with van der Waals surface area (Å²) < 4.78 is 2.09. The Labute approximate surface area is 111 Å². The summed E-state index contributed by atoms with van der Waals surface area (Å²) in [6, 6.07) is 0.612. The first-order chi connectivity index (χ1) is 8.27. The molecule has 0 aliphatic heterocycles. The van der Waals surface area contributed by atoms with E-state index in [1.807, 2.05) is 12.4 Å². The Balaban J connectivity index is 1.95. The van der Waals surface area contributed by atoms with E-state index in [0.29, 0.717) is 16.9 Å². The van der Waals surface area contributed by atoms with Gasteiger partial charge in [-0.1, -0.05) is 27.7 Å². The molecular formula is C15H27N3. The first-order valence-electron chi connectivity index (χ1n) is 6.97. The first kappa shape index (κ1) is 13.6. The van der Waals surface area contributed by atoms with Gasteiger partial charge in [-0.3, -0.25) is 0 Å². The zero-order chi connectivity index (χ0) is 13.4. The molecule has 1 aromatic rings. The third-order valence-corrected chi connectivity index (χ3v) is 4.02. The number of hydrogen-bond donors (Lipinski definition) is 1. The normalized spacial score (nSPS) is 23.2. The highest BCUT2D eigenvalue weighted by Crippen LogP contribution is 2.45. The zero-order valence-corrected chi connectivity index (χ0v) is 12.5. The molecule has 1 heterocycles. The van der Waals surface area contributed by atoms with Gasteiger partial charge in [0, 0.05) is 25.5 Å². The molecule has 1 aromatic heterocycles. The van der Waals surface area contributed by atoms with Crippen LogP contribution in [0, 0.1) is 10.8 Å². The molecule has 0 aromatic carbocycles. The molecule has 3 nitrogen and oxygen atoms in total. The minimum atomic E-state index is 0.445. The van der Waals surface area contributed by atoms with Gasteiger partial charge in [0.1, 0.15) is 5.82 Å². The molecule has 1 fully saturated rings. The average molecular weight is 249 g/mol. The molecule has 102 valence electrons. The van der Waals surface area contributed by atoms with Crippen molar-refractivity contribution in [2.24, 2.45) is 17.9 Å². The van der Waals surface area contributed by atoms with Gasteiger partial charge >= 0.3 is 0 Å². The van der Waals surface area contributed by atoms with Crippen LogP contribution >= 0.6 is 0 Å². The molecule has 0 atom stereocenters. The molecule has 1 aliphatic rings. The highest BCUT2D eigenvalue weighted by Gasteiger charge is 2.38. The lowest BCUT2D eigenvalue weighted by atomic mass is 9.63. The second-order valence-electron chi connectivity index (χ2n) is 7.45. The Bertz CT molecular complexity index is 388. The van der Waals surface area contributed by atoms with Crippen LogP contribution in [0.3, 0.4) is 0 Å². The van der Waals surface area contributed by atoms with Crippen LogP contribution in [0.4, 0.5) is 0 Å². The van der Waals surface area contributed by atoms with Gasteiger partial charge in [-0.15, -0.1) is 0 Å². The Morgan fingerprint density at radius 1 is 1.28 bits per heavy atom. The van der Waals surface area contributed by atoms with Crippen LogP contribution in [0.5, 0.6) is 0 Å². The first-order valence-corrected chi connectivity index (χ1v) is 6.97. The standard InChI is InChI=1S/C15H27N3/c1-14(2)8-12(9-15(3,4)11-14)17-10-13-16-6-7-18(13)5/h6-7,12,17H,8-11H2,1-5H3. The minimum absolute atomic E-state index is 0.445. The molecule has 0 spiro atoms. The number of aromatic nitrogens is 2. The highest BCUT2D eigenvalue weighted by molar-refractivity contribution is 4.95. The van der Waals surface area contributed by atoms with Gasteiger partial charge in [-0.05, 0) is 30.1 Å². The zero-order valence-electron chi connectivity index (χ0n) is 12.5. The van der Waals surface area contributed by atoms with Gasteiger partial charge in [0.25, 0.3) is 0 Å². The number of nitrogens with one attached hydrogen (secondary N) is 1. The third kappa shape index (κ3) is 3.35. The van der Waals surface area contributed by atoms with Crippen LogP contribution in [-0.2, 0) is 13.6 Å². The summed E-state index contributed by atoms with van der Waals surface area (Å²) in [5, 5.41) is 3.69. The number of aryl methyl sites for hydroxylation is 1. The molecule has 3 heteroatoms. The topological polar surface area (TPSA) is 29.9 Å². The van der Waals surface area contributed by atoms with Gasteiger partial charge in [0.2, 0.25) is 0 Å². The van der Waals surface area contributed by atoms with Crippen molar-refractivity contribution < 1.29 is 0 Å². The number of rotatable bonds is 3. The molecular weight excluding hydrogens is 222 g/mol. The van der Waals surface area contributed by atoms with E-state index in [2.05, 4.69) is 49.6 Å². The maximum absolute atomic E-state index is 4.37. The fraction of sp³-hybridized carbons (Fsp3) is 0.800. The van der Waals surface area contributed by atoms with Crippen LogP contribution in [-0.4, -0.2) is 15.6 Å². The Morgan fingerprint density at radius 3 is 2.39 bits per heavy atom. The molecule has 0 amide bonds. The average Bonchev–Trinajstić information content (AvgIpc) is 2.56. The van der Waals surface area contributed by atoms with Crippen LogP contribution in [0.2, 0.25) is 0 Å². The van der Waals surface area contributed by atoms with Gasteiger partial charge in [0.05, 0.1) is 6.54 Å². The van der Waals surface area contributed by atoms with Crippen molar-refractivity contribution in [2.45, 2.75) is 59.5 Å². The maximum Gasteiger partial charge on any atom is 0.122 e. The number of imidazole rings is 1. The van der Waals surface area contributed by atoms with Crippen molar-refractivity contribution >= 4 is 0 Å². The summed E-state index contributed by atoms with van der Waals surface area (Å²) in [4.78, 5) is 4.37. The maximum atomic E-state index is 4.37. The summed E-state index contributed by atoms with van der Waals surface area (Å²) >= 11 is 0. The summed E-state index contributed by atoms with van der Waals surface area (Å²) in [5.41, 5.74) is 0.891. The Morgan fingerprint density at radius 2 is 1.89 bits per heavy atom. The summed E-state index contributed by atoms with van der Waals surface area (Å²) in [5.74, 6) is 1.12. The van der Waals surface area contributed by atoms with Gasteiger partial charge < -0.3 is 9.88 Å². The number of nitrogens with zero attached hydrogens (tertiary/aromatic N) is 2. The van der Waals surface area contributed by atoms with E-state index < -0.39 is 0 Å². The molecule has 0 saturated heterocycles. The largest absolute Gasteiger partial charge is 0.337 e. The second-order valence-corrected chi connectivity index (χ2v) is 7.45. The minimum Gasteiger partial charge on any atom is -0.337 e. The molecule has 0 unspecified atom stereocenters. The molecule has 0 bridgehead atoms. The second kappa shape index (κ2) is 4.69. The van der Waals surface area contributed by atoms with Crippen molar-refractivity contribution in [1.82, 2.24) is 14.9 Å². The lowest BCUT2D eigenvalue weighted by Gasteiger charge is -2.45. The van der Waals surface area contributed by atoms with Gasteiger partial charge in [0.15, 0.2) is 0 Å². The molecule has 1 aliphatic carbocycles. The van der Waals surface area contributed by atoms with Crippen LogP contribution in [0.15, 0.2) is 12.4 Å². The number of hydrogen-bond acceptors (Lipinski definition) is 2. The summed E-state index contributed by atoms with van der Waals surface area (Å²) in [6.07, 6.45) is 7.72. The SMILES string of the molecule is Cn1ccnc1CNC1CC(C)(C)CC(C)(C)C1. The highest BCUT2D eigenvalue weighted by atomic mass is 15.1. The fourth-order valence-electron chi connectivity index (χ4n) is 3.79. The quantitative estimate of drug-likeness (QED) is 0.892. The Kier molecular flexibility index (Phi) is 3.54. The van der Waals surface area contributed by atoms with E-state index in [-0.39, 0.29) is 0 Å². The van der Waals surface area contributed by atoms with E-state index in [1.54, 1.807) is 0 Å². The monoisotopic (exact) mass is 249 g/mol. The smallest absolute Gasteiger partial charge is 0.122 e. The van der Waals surface area contributed by atoms with Crippen LogP contribution in [0.1, 0.15) is 52.8 Å². The molecule has 0 radical (unpaired) electrons. The van der Waals surface area contributed by atoms with E-state index in [4.69, 9.17) is 0 Å². The summed E-state index contributed by atoms with van der Waals surface area (Å²) in [7, 11) is 2.05. The van der Waals surface area contributed by atoms with E-state index in [0.717, 1.165) is 12.4 Å². The fourth-order valence-corrected chi connectivity index (χ4v) is 3.79. The van der Waals surface area contributed by atoms with Gasteiger partial charge in [-0.25, -0.2) is 4.98 Å².